The van der Waals surface area contributed by atoms with E-state index in [2.05, 4.69) is 36.6 Å². The average molecular weight is 196 g/mol. The minimum Gasteiger partial charge on any atom is -0.269 e. The third-order valence-corrected chi connectivity index (χ3v) is 3.63. The fourth-order valence-corrected chi connectivity index (χ4v) is 2.65. The van der Waals surface area contributed by atoms with Crippen LogP contribution in [0.5, 0.6) is 0 Å². The van der Waals surface area contributed by atoms with Crippen LogP contribution in [-0.2, 0) is 18.1 Å². The predicted octanol–water partition coefficient (Wildman–Crippen LogP) is 2.37. The van der Waals surface area contributed by atoms with E-state index in [1.54, 1.807) is 0 Å². The van der Waals surface area contributed by atoms with Gasteiger partial charge in [0.2, 0.25) is 0 Å². The van der Waals surface area contributed by atoms with E-state index in [1.165, 1.54) is 23.7 Å². The molecular formula is C10H17N2P. The molecule has 13 heavy (non-hydrogen) atoms. The Kier molecular flexibility index (Phi) is 2.19. The van der Waals surface area contributed by atoms with E-state index in [-0.39, 0.29) is 5.41 Å². The topological polar surface area (TPSA) is 17.8 Å². The maximum absolute atomic E-state index is 4.64. The highest BCUT2D eigenvalue weighted by Gasteiger charge is 2.20. The summed E-state index contributed by atoms with van der Waals surface area (Å²) in [5, 5.41) is 4.64. The highest BCUT2D eigenvalue weighted by atomic mass is 31.1. The molecule has 1 atom stereocenters. The first-order chi connectivity index (χ1) is 6.07. The molecule has 0 spiro atoms. The van der Waals surface area contributed by atoms with E-state index in [4.69, 9.17) is 0 Å². The van der Waals surface area contributed by atoms with Gasteiger partial charge in [-0.3, -0.25) is 4.68 Å². The molecule has 0 saturated carbocycles. The van der Waals surface area contributed by atoms with Crippen molar-refractivity contribution in [3.05, 3.63) is 17.5 Å². The lowest BCUT2D eigenvalue weighted by Gasteiger charge is -2.14. The van der Waals surface area contributed by atoms with E-state index in [1.807, 2.05) is 0 Å². The molecule has 3 heteroatoms. The normalized spacial score (nSPS) is 19.0. The third-order valence-electron chi connectivity index (χ3n) is 2.44. The molecule has 0 aromatic carbocycles. The van der Waals surface area contributed by atoms with Gasteiger partial charge in [-0.15, -0.1) is 8.58 Å². The molecule has 2 nitrogen and oxygen atoms in total. The number of fused-ring (bicyclic) bond motifs is 1. The fraction of sp³-hybridized carbons (Fsp3) is 0.700. The summed E-state index contributed by atoms with van der Waals surface area (Å²) in [6.45, 7) is 7.81. The van der Waals surface area contributed by atoms with Crippen LogP contribution >= 0.6 is 8.58 Å². The summed E-state index contributed by atoms with van der Waals surface area (Å²) in [7, 11) is 1.10. The van der Waals surface area contributed by atoms with Crippen LogP contribution in [0, 0.1) is 0 Å². The molecule has 2 heterocycles. The summed E-state index contributed by atoms with van der Waals surface area (Å²) in [6.07, 6.45) is 2.56. The van der Waals surface area contributed by atoms with Gasteiger partial charge in [0.25, 0.3) is 0 Å². The zero-order valence-electron chi connectivity index (χ0n) is 8.59. The molecule has 2 rings (SSSR count). The average Bonchev–Trinajstić information content (AvgIpc) is 2.45. The van der Waals surface area contributed by atoms with Crippen molar-refractivity contribution in [3.63, 3.8) is 0 Å². The molecule has 1 aromatic rings. The summed E-state index contributed by atoms with van der Waals surface area (Å²) in [5.74, 6) is 0. The number of rotatable bonds is 0. The van der Waals surface area contributed by atoms with Gasteiger partial charge in [-0.1, -0.05) is 20.8 Å². The van der Waals surface area contributed by atoms with Crippen molar-refractivity contribution in [2.75, 3.05) is 6.16 Å². The van der Waals surface area contributed by atoms with Crippen LogP contribution in [0.3, 0.4) is 0 Å². The van der Waals surface area contributed by atoms with E-state index in [0.29, 0.717) is 0 Å². The van der Waals surface area contributed by atoms with Crippen molar-refractivity contribution in [2.24, 2.45) is 0 Å². The number of hydrogen-bond donors (Lipinski definition) is 0. The number of hydrogen-bond acceptors (Lipinski definition) is 1. The van der Waals surface area contributed by atoms with Crippen LogP contribution in [0.25, 0.3) is 0 Å². The monoisotopic (exact) mass is 196 g/mol. The second-order valence-corrected chi connectivity index (χ2v) is 6.02. The Morgan fingerprint density at radius 1 is 1.46 bits per heavy atom. The molecule has 0 amide bonds. The van der Waals surface area contributed by atoms with Crippen LogP contribution in [-0.4, -0.2) is 15.9 Å². The molecule has 1 aliphatic rings. The smallest absolute Gasteiger partial charge is 0.0681 e. The molecule has 1 aliphatic heterocycles. The lowest BCUT2D eigenvalue weighted by molar-refractivity contribution is 0.537. The molecule has 1 unspecified atom stereocenters. The van der Waals surface area contributed by atoms with Crippen LogP contribution in [0.2, 0.25) is 0 Å². The van der Waals surface area contributed by atoms with Gasteiger partial charge < -0.3 is 0 Å². The van der Waals surface area contributed by atoms with Gasteiger partial charge in [0.05, 0.1) is 5.69 Å². The predicted molar refractivity (Wildman–Crippen MR) is 57.8 cm³/mol. The largest absolute Gasteiger partial charge is 0.269 e. The van der Waals surface area contributed by atoms with Crippen molar-refractivity contribution in [2.45, 2.75) is 38.9 Å². The van der Waals surface area contributed by atoms with E-state index in [0.717, 1.165) is 15.1 Å². The van der Waals surface area contributed by atoms with Gasteiger partial charge >= 0.3 is 0 Å². The Morgan fingerprint density at radius 2 is 2.23 bits per heavy atom. The zero-order valence-corrected chi connectivity index (χ0v) is 9.59. The van der Waals surface area contributed by atoms with Crippen LogP contribution in [0.15, 0.2) is 6.07 Å². The highest BCUT2D eigenvalue weighted by Crippen LogP contribution is 2.28. The fourth-order valence-electron chi connectivity index (χ4n) is 1.56. The Labute approximate surface area is 81.5 Å². The minimum absolute atomic E-state index is 0.202. The van der Waals surface area contributed by atoms with Gasteiger partial charge in [0, 0.05) is 23.8 Å². The van der Waals surface area contributed by atoms with Crippen molar-refractivity contribution in [1.82, 2.24) is 9.78 Å². The molecule has 0 aliphatic carbocycles. The standard InChI is InChI=1S/C10H17N2P/c1-10(2,3)9-6-8-7-13-5-4-12(8)11-9/h6,13H,4-5,7H2,1-3H3. The summed E-state index contributed by atoms with van der Waals surface area (Å²) < 4.78 is 2.19. The van der Waals surface area contributed by atoms with Gasteiger partial charge in [-0.05, 0) is 12.2 Å². The van der Waals surface area contributed by atoms with Crippen molar-refractivity contribution in [1.29, 1.82) is 0 Å². The van der Waals surface area contributed by atoms with Gasteiger partial charge in [0.1, 0.15) is 0 Å². The Balaban J connectivity index is 2.36. The number of aromatic nitrogens is 2. The molecule has 1 aromatic heterocycles. The minimum atomic E-state index is 0.202. The molecule has 0 saturated heterocycles. The molecule has 0 bridgehead atoms. The first-order valence-electron chi connectivity index (χ1n) is 4.85. The van der Waals surface area contributed by atoms with Gasteiger partial charge in [-0.25, -0.2) is 0 Å². The zero-order chi connectivity index (χ0) is 9.47. The molecule has 0 radical (unpaired) electrons. The molecule has 0 fully saturated rings. The summed E-state index contributed by atoms with van der Waals surface area (Å²) >= 11 is 0. The van der Waals surface area contributed by atoms with Crippen molar-refractivity contribution < 1.29 is 0 Å². The first-order valence-corrected chi connectivity index (χ1v) is 6.27. The van der Waals surface area contributed by atoms with Gasteiger partial charge in [0.15, 0.2) is 0 Å². The van der Waals surface area contributed by atoms with Crippen LogP contribution in [0.4, 0.5) is 0 Å². The number of nitrogens with zero attached hydrogens (tertiary/aromatic N) is 2. The second-order valence-electron chi connectivity index (χ2n) is 4.67. The van der Waals surface area contributed by atoms with E-state index in [9.17, 15) is 0 Å². The van der Waals surface area contributed by atoms with Crippen molar-refractivity contribution >= 4 is 8.58 Å². The van der Waals surface area contributed by atoms with Crippen LogP contribution in [0.1, 0.15) is 32.2 Å². The maximum atomic E-state index is 4.64. The van der Waals surface area contributed by atoms with E-state index < -0.39 is 0 Å². The Bertz CT molecular complexity index is 286. The Hall–Kier alpha value is -0.360. The Morgan fingerprint density at radius 3 is 2.85 bits per heavy atom. The second kappa shape index (κ2) is 3.09. The SMILES string of the molecule is CC(C)(C)c1cc2n(n1)CCPC2. The summed E-state index contributed by atoms with van der Waals surface area (Å²) in [5.41, 5.74) is 2.89. The van der Waals surface area contributed by atoms with Crippen molar-refractivity contribution in [3.8, 4) is 0 Å². The molecule has 0 N–H and O–H groups in total. The molecular weight excluding hydrogens is 179 g/mol. The van der Waals surface area contributed by atoms with Crippen LogP contribution < -0.4 is 0 Å². The third kappa shape index (κ3) is 1.78. The lowest BCUT2D eigenvalue weighted by Crippen LogP contribution is -2.14. The quantitative estimate of drug-likeness (QED) is 0.582. The van der Waals surface area contributed by atoms with E-state index >= 15 is 0 Å². The highest BCUT2D eigenvalue weighted by molar-refractivity contribution is 7.37. The van der Waals surface area contributed by atoms with Gasteiger partial charge in [-0.2, -0.15) is 5.10 Å². The molecule has 72 valence electrons. The maximum Gasteiger partial charge on any atom is 0.0681 e. The lowest BCUT2D eigenvalue weighted by atomic mass is 9.92. The first kappa shape index (κ1) is 9.21. The summed E-state index contributed by atoms with van der Waals surface area (Å²) in [4.78, 5) is 0. The summed E-state index contributed by atoms with van der Waals surface area (Å²) in [6, 6.07) is 2.28. The number of aryl methyl sites for hydroxylation is 1.